The number of anilines is 1. The Hall–Kier alpha value is -2.27. The topological polar surface area (TPSA) is 98.8 Å². The van der Waals surface area contributed by atoms with Crippen LogP contribution < -0.4 is 10.6 Å². The minimum absolute atomic E-state index is 0.0345. The number of piperidine rings is 1. The molecule has 0 aliphatic carbocycles. The molecule has 1 aliphatic heterocycles. The van der Waals surface area contributed by atoms with E-state index in [0.29, 0.717) is 38.2 Å². The number of thiophene rings is 1. The van der Waals surface area contributed by atoms with Crippen LogP contribution in [-0.4, -0.2) is 69.2 Å². The molecule has 33 heavy (non-hydrogen) atoms. The van der Waals surface area contributed by atoms with Gasteiger partial charge in [-0.15, -0.1) is 11.3 Å². The van der Waals surface area contributed by atoms with Gasteiger partial charge in [0, 0.05) is 37.1 Å². The van der Waals surface area contributed by atoms with Crippen molar-refractivity contribution in [1.82, 2.24) is 14.5 Å². The highest BCUT2D eigenvalue weighted by molar-refractivity contribution is 7.89. The van der Waals surface area contributed by atoms with Crippen LogP contribution in [0, 0.1) is 5.92 Å². The Bertz CT molecular complexity index is 1050. The lowest BCUT2D eigenvalue weighted by atomic mass is 9.95. The van der Waals surface area contributed by atoms with Crippen molar-refractivity contribution in [1.29, 1.82) is 0 Å². The van der Waals surface area contributed by atoms with E-state index in [4.69, 9.17) is 0 Å². The third-order valence-electron chi connectivity index (χ3n) is 5.96. The summed E-state index contributed by atoms with van der Waals surface area (Å²) in [5.41, 5.74) is 0.440. The van der Waals surface area contributed by atoms with E-state index in [1.165, 1.54) is 31.1 Å². The third kappa shape index (κ3) is 6.63. The van der Waals surface area contributed by atoms with Crippen LogP contribution in [-0.2, 0) is 26.0 Å². The number of amides is 2. The van der Waals surface area contributed by atoms with E-state index in [9.17, 15) is 18.0 Å². The molecule has 8 nitrogen and oxygen atoms in total. The Morgan fingerprint density at radius 1 is 1.18 bits per heavy atom. The summed E-state index contributed by atoms with van der Waals surface area (Å²) in [6, 6.07) is 9.95. The van der Waals surface area contributed by atoms with Crippen LogP contribution in [0.15, 0.2) is 46.7 Å². The van der Waals surface area contributed by atoms with E-state index in [1.54, 1.807) is 23.5 Å². The van der Waals surface area contributed by atoms with Gasteiger partial charge in [0.25, 0.3) is 0 Å². The maximum Gasteiger partial charge on any atom is 0.242 e. The zero-order chi connectivity index (χ0) is 24.0. The number of likely N-dealkylation sites (tertiary alicyclic amines) is 1. The van der Waals surface area contributed by atoms with E-state index in [-0.39, 0.29) is 28.7 Å². The van der Waals surface area contributed by atoms with E-state index in [0.717, 1.165) is 10.7 Å². The van der Waals surface area contributed by atoms with Gasteiger partial charge in [-0.1, -0.05) is 12.1 Å². The number of sulfonamides is 1. The van der Waals surface area contributed by atoms with E-state index >= 15 is 0 Å². The highest BCUT2D eigenvalue weighted by Crippen LogP contribution is 2.21. The molecule has 1 aliphatic rings. The van der Waals surface area contributed by atoms with Gasteiger partial charge in [-0.05, 0) is 68.9 Å². The van der Waals surface area contributed by atoms with Crippen LogP contribution in [0.2, 0.25) is 0 Å². The fraction of sp³-hybridized carbons (Fsp3) is 0.478. The van der Waals surface area contributed by atoms with Crippen molar-refractivity contribution >= 4 is 38.9 Å². The van der Waals surface area contributed by atoms with Gasteiger partial charge in [-0.2, -0.15) is 0 Å². The number of carbonyl (C=O) groups excluding carboxylic acids is 2. The van der Waals surface area contributed by atoms with Crippen molar-refractivity contribution < 1.29 is 18.0 Å². The van der Waals surface area contributed by atoms with Crippen molar-refractivity contribution in [2.75, 3.05) is 39.0 Å². The second-order valence-corrected chi connectivity index (χ2v) is 11.6. The molecule has 1 unspecified atom stereocenters. The zero-order valence-corrected chi connectivity index (χ0v) is 20.9. The van der Waals surface area contributed by atoms with Crippen LogP contribution in [0.25, 0.3) is 0 Å². The Kier molecular flexibility index (Phi) is 8.63. The van der Waals surface area contributed by atoms with E-state index in [1.807, 2.05) is 18.4 Å². The Balaban J connectivity index is 1.48. The highest BCUT2D eigenvalue weighted by atomic mass is 32.2. The number of nitrogens with zero attached hydrogens (tertiary/aromatic N) is 2. The first kappa shape index (κ1) is 25.4. The number of carbonyl (C=O) groups is 2. The predicted octanol–water partition coefficient (Wildman–Crippen LogP) is 2.40. The Labute approximate surface area is 200 Å². The minimum Gasteiger partial charge on any atom is -0.355 e. The van der Waals surface area contributed by atoms with Crippen molar-refractivity contribution in [3.05, 3.63) is 46.7 Å². The minimum atomic E-state index is -3.58. The molecule has 2 aromatic rings. The molecule has 1 atom stereocenters. The van der Waals surface area contributed by atoms with Crippen LogP contribution in [0.1, 0.15) is 24.6 Å². The van der Waals surface area contributed by atoms with Crippen LogP contribution in [0.5, 0.6) is 0 Å². The number of hydrogen-bond donors (Lipinski definition) is 2. The summed E-state index contributed by atoms with van der Waals surface area (Å²) in [4.78, 5) is 28.7. The third-order valence-corrected chi connectivity index (χ3v) is 8.71. The number of nitrogens with one attached hydrogen (secondary N) is 2. The molecule has 2 amide bonds. The van der Waals surface area contributed by atoms with Crippen LogP contribution in [0.3, 0.4) is 0 Å². The Morgan fingerprint density at radius 3 is 2.55 bits per heavy atom. The smallest absolute Gasteiger partial charge is 0.242 e. The second kappa shape index (κ2) is 11.2. The molecule has 2 N–H and O–H groups in total. The standard InChI is InChI=1S/C23H32N4O4S2/c1-17(22(28)25-19-6-4-8-21(16-19)33(30,31)26(2)3)27-13-10-18(11-14-27)23(29)24-12-9-20-7-5-15-32-20/h4-8,15-18H,9-14H2,1-3H3,(H,24,29)(H,25,28). The molecule has 0 radical (unpaired) electrons. The molecule has 0 saturated carbocycles. The van der Waals surface area contributed by atoms with Crippen molar-refractivity contribution in [3.63, 3.8) is 0 Å². The van der Waals surface area contributed by atoms with Crippen molar-refractivity contribution in [2.24, 2.45) is 5.92 Å². The maximum atomic E-state index is 12.8. The van der Waals surface area contributed by atoms with Gasteiger partial charge in [0.15, 0.2) is 0 Å². The Morgan fingerprint density at radius 2 is 1.91 bits per heavy atom. The first-order valence-corrected chi connectivity index (χ1v) is 13.4. The summed E-state index contributed by atoms with van der Waals surface area (Å²) in [5.74, 6) is -0.150. The number of rotatable bonds is 9. The molecular formula is C23H32N4O4S2. The normalized spacial score (nSPS) is 16.5. The maximum absolute atomic E-state index is 12.8. The van der Waals surface area contributed by atoms with Gasteiger partial charge in [0.2, 0.25) is 21.8 Å². The molecule has 1 aromatic heterocycles. The summed E-state index contributed by atoms with van der Waals surface area (Å²) in [6.07, 6.45) is 2.26. The second-order valence-electron chi connectivity index (χ2n) is 8.41. The predicted molar refractivity (Wildman–Crippen MR) is 131 cm³/mol. The summed E-state index contributed by atoms with van der Waals surface area (Å²) < 4.78 is 25.8. The summed E-state index contributed by atoms with van der Waals surface area (Å²) in [5, 5.41) is 7.89. The lowest BCUT2D eigenvalue weighted by Gasteiger charge is -2.34. The zero-order valence-electron chi connectivity index (χ0n) is 19.3. The molecule has 1 fully saturated rings. The molecular weight excluding hydrogens is 460 g/mol. The van der Waals surface area contributed by atoms with E-state index in [2.05, 4.69) is 21.6 Å². The fourth-order valence-electron chi connectivity index (χ4n) is 3.81. The number of hydrogen-bond acceptors (Lipinski definition) is 6. The summed E-state index contributed by atoms with van der Waals surface area (Å²) >= 11 is 1.69. The first-order chi connectivity index (χ1) is 15.7. The van der Waals surface area contributed by atoms with Crippen molar-refractivity contribution in [3.8, 4) is 0 Å². The van der Waals surface area contributed by atoms with Gasteiger partial charge < -0.3 is 10.6 Å². The van der Waals surface area contributed by atoms with Gasteiger partial charge in [-0.25, -0.2) is 12.7 Å². The molecule has 1 saturated heterocycles. The lowest BCUT2D eigenvalue weighted by molar-refractivity contribution is -0.127. The molecule has 1 aromatic carbocycles. The quantitative estimate of drug-likeness (QED) is 0.560. The van der Waals surface area contributed by atoms with Gasteiger partial charge in [-0.3, -0.25) is 14.5 Å². The molecule has 10 heteroatoms. The average Bonchev–Trinajstić information content (AvgIpc) is 3.32. The van der Waals surface area contributed by atoms with Crippen LogP contribution >= 0.6 is 11.3 Å². The molecule has 0 bridgehead atoms. The average molecular weight is 493 g/mol. The van der Waals surface area contributed by atoms with Gasteiger partial charge in [0.05, 0.1) is 10.9 Å². The number of benzene rings is 1. The monoisotopic (exact) mass is 492 g/mol. The van der Waals surface area contributed by atoms with Crippen molar-refractivity contribution in [2.45, 2.75) is 37.1 Å². The SMILES string of the molecule is CC(C(=O)Nc1cccc(S(=O)(=O)N(C)C)c1)N1CCC(C(=O)NCCc2cccs2)CC1. The van der Waals surface area contributed by atoms with Gasteiger partial charge >= 0.3 is 0 Å². The molecule has 2 heterocycles. The summed E-state index contributed by atoms with van der Waals surface area (Å²) in [6.45, 7) is 3.79. The summed E-state index contributed by atoms with van der Waals surface area (Å²) in [7, 11) is -0.638. The highest BCUT2D eigenvalue weighted by Gasteiger charge is 2.30. The van der Waals surface area contributed by atoms with Gasteiger partial charge in [0.1, 0.15) is 0 Å². The largest absolute Gasteiger partial charge is 0.355 e. The molecule has 3 rings (SSSR count). The lowest BCUT2D eigenvalue weighted by Crippen LogP contribution is -2.48. The fourth-order valence-corrected chi connectivity index (χ4v) is 5.47. The van der Waals surface area contributed by atoms with E-state index < -0.39 is 10.0 Å². The van der Waals surface area contributed by atoms with Crippen LogP contribution in [0.4, 0.5) is 5.69 Å². The molecule has 0 spiro atoms. The molecule has 180 valence electrons. The first-order valence-electron chi connectivity index (χ1n) is 11.1.